The summed E-state index contributed by atoms with van der Waals surface area (Å²) in [5, 5.41) is 72.3. The van der Waals surface area contributed by atoms with Gasteiger partial charge in [0.15, 0.2) is 12.6 Å². The van der Waals surface area contributed by atoms with Crippen LogP contribution in [0.2, 0.25) is 0 Å². The lowest BCUT2D eigenvalue weighted by Crippen LogP contribution is -2.61. The first-order valence-corrected chi connectivity index (χ1v) is 28.8. The van der Waals surface area contributed by atoms with Crippen LogP contribution in [0.15, 0.2) is 12.2 Å². The number of aliphatic hydroxyl groups is 7. The van der Waals surface area contributed by atoms with Crippen molar-refractivity contribution in [3.8, 4) is 0 Å². The van der Waals surface area contributed by atoms with Crippen LogP contribution >= 0.6 is 0 Å². The monoisotopic (exact) mass is 1000 g/mol. The smallest absolute Gasteiger partial charge is 0.306 e. The quantitative estimate of drug-likeness (QED) is 0.0172. The second-order valence-electron chi connectivity index (χ2n) is 20.5. The number of unbranched alkanes of at least 4 members (excludes halogenated alkanes) is 31. The summed E-state index contributed by atoms with van der Waals surface area (Å²) in [4.78, 5) is 13.1. The summed E-state index contributed by atoms with van der Waals surface area (Å²) in [6, 6.07) is 0. The molecule has 2 rings (SSSR count). The summed E-state index contributed by atoms with van der Waals surface area (Å²) in [5.74, 6) is -0.375. The minimum atomic E-state index is -1.70. The lowest BCUT2D eigenvalue weighted by atomic mass is 9.98. The van der Waals surface area contributed by atoms with E-state index in [-0.39, 0.29) is 25.6 Å². The topological polar surface area (TPSA) is 214 Å². The van der Waals surface area contributed by atoms with E-state index in [9.17, 15) is 40.5 Å². The zero-order valence-electron chi connectivity index (χ0n) is 44.3. The Bertz CT molecular complexity index is 1210. The first-order valence-electron chi connectivity index (χ1n) is 28.8. The first-order chi connectivity index (χ1) is 34.1. The predicted octanol–water partition coefficient (Wildman–Crippen LogP) is 9.80. The molecule has 0 aliphatic carbocycles. The molecule has 0 spiro atoms. The Hall–Kier alpha value is -1.27. The van der Waals surface area contributed by atoms with Gasteiger partial charge in [0.05, 0.1) is 26.4 Å². The second-order valence-corrected chi connectivity index (χ2v) is 20.5. The molecule has 0 aromatic carbocycles. The third kappa shape index (κ3) is 30.8. The zero-order valence-corrected chi connectivity index (χ0v) is 44.3. The van der Waals surface area contributed by atoms with Gasteiger partial charge in [-0.05, 0) is 38.5 Å². The van der Waals surface area contributed by atoms with Gasteiger partial charge < -0.3 is 64.2 Å². The number of ether oxygens (including phenoxy) is 6. The summed E-state index contributed by atoms with van der Waals surface area (Å²) in [7, 11) is 0. The van der Waals surface area contributed by atoms with E-state index in [1.807, 2.05) is 0 Å². The van der Waals surface area contributed by atoms with Gasteiger partial charge in [0.1, 0.15) is 54.9 Å². The summed E-state index contributed by atoms with van der Waals surface area (Å²) < 4.78 is 34.4. The number of hydrogen-bond donors (Lipinski definition) is 7. The molecule has 0 radical (unpaired) electrons. The van der Waals surface area contributed by atoms with E-state index in [0.29, 0.717) is 13.0 Å². The van der Waals surface area contributed by atoms with Crippen LogP contribution in [0, 0.1) is 0 Å². The van der Waals surface area contributed by atoms with Crippen molar-refractivity contribution >= 4 is 5.97 Å². The van der Waals surface area contributed by atoms with E-state index in [1.165, 1.54) is 167 Å². The summed E-state index contributed by atoms with van der Waals surface area (Å²) >= 11 is 0. The van der Waals surface area contributed by atoms with E-state index < -0.39 is 80.7 Å². The van der Waals surface area contributed by atoms with Crippen molar-refractivity contribution in [3.05, 3.63) is 12.2 Å². The lowest BCUT2D eigenvalue weighted by Gasteiger charge is -2.42. The Morgan fingerprint density at radius 3 is 1.30 bits per heavy atom. The van der Waals surface area contributed by atoms with Crippen LogP contribution in [-0.4, -0.2) is 142 Å². The highest BCUT2D eigenvalue weighted by atomic mass is 16.7. The van der Waals surface area contributed by atoms with Gasteiger partial charge in [-0.2, -0.15) is 0 Å². The van der Waals surface area contributed by atoms with Gasteiger partial charge in [-0.15, -0.1) is 0 Å². The molecule has 11 unspecified atom stereocenters. The lowest BCUT2D eigenvalue weighted by molar-refractivity contribution is -0.332. The van der Waals surface area contributed by atoms with Gasteiger partial charge in [0.2, 0.25) is 0 Å². The number of allylic oxidation sites excluding steroid dienone is 2. The third-order valence-corrected chi connectivity index (χ3v) is 14.0. The molecule has 70 heavy (non-hydrogen) atoms. The summed E-state index contributed by atoms with van der Waals surface area (Å²) in [5.41, 5.74) is 0. The molecule has 0 aromatic heterocycles. The fourth-order valence-electron chi connectivity index (χ4n) is 9.34. The van der Waals surface area contributed by atoms with Crippen molar-refractivity contribution in [3.63, 3.8) is 0 Å². The Morgan fingerprint density at radius 2 is 0.843 bits per heavy atom. The van der Waals surface area contributed by atoms with Crippen LogP contribution in [0.25, 0.3) is 0 Å². The molecule has 0 saturated carbocycles. The highest BCUT2D eigenvalue weighted by Gasteiger charge is 2.47. The van der Waals surface area contributed by atoms with Gasteiger partial charge in [-0.25, -0.2) is 0 Å². The highest BCUT2D eigenvalue weighted by molar-refractivity contribution is 5.69. The van der Waals surface area contributed by atoms with E-state index in [1.54, 1.807) is 0 Å². The van der Waals surface area contributed by atoms with Crippen molar-refractivity contribution in [2.24, 2.45) is 0 Å². The van der Waals surface area contributed by atoms with Crippen LogP contribution in [0.3, 0.4) is 0 Å². The molecule has 14 nitrogen and oxygen atoms in total. The van der Waals surface area contributed by atoms with E-state index in [0.717, 1.165) is 44.9 Å². The highest BCUT2D eigenvalue weighted by Crippen LogP contribution is 2.27. The molecule has 2 aliphatic heterocycles. The molecule has 0 amide bonds. The molecule has 14 heteroatoms. The largest absolute Gasteiger partial charge is 0.457 e. The number of carbonyl (C=O) groups excluding carboxylic acids is 1. The maximum atomic E-state index is 13.1. The maximum Gasteiger partial charge on any atom is 0.306 e. The zero-order chi connectivity index (χ0) is 50.9. The molecular formula is C56H106O14. The van der Waals surface area contributed by atoms with Crippen LogP contribution in [-0.2, 0) is 33.2 Å². The fourth-order valence-corrected chi connectivity index (χ4v) is 9.34. The first kappa shape index (κ1) is 64.8. The molecule has 2 heterocycles. The van der Waals surface area contributed by atoms with Gasteiger partial charge in [-0.1, -0.05) is 206 Å². The molecule has 2 fully saturated rings. The SMILES string of the molecule is CCCCCCCCC/C=C\CCCCCCCCCC(=O)OC(COCCCCCCCCCCCCCCCCCCCC)COC1OC(COC2OC(CO)C(O)C(O)C2O)C(O)C(O)C1O. The molecule has 11 atom stereocenters. The van der Waals surface area contributed by atoms with Crippen molar-refractivity contribution in [2.45, 2.75) is 306 Å². The molecular weight excluding hydrogens is 897 g/mol. The van der Waals surface area contributed by atoms with Gasteiger partial charge >= 0.3 is 5.97 Å². The van der Waals surface area contributed by atoms with Crippen LogP contribution in [0.4, 0.5) is 0 Å². The van der Waals surface area contributed by atoms with Crippen molar-refractivity contribution in [1.29, 1.82) is 0 Å². The number of carbonyl (C=O) groups is 1. The van der Waals surface area contributed by atoms with Crippen LogP contribution < -0.4 is 0 Å². The number of esters is 1. The fraction of sp³-hybridized carbons (Fsp3) is 0.946. The van der Waals surface area contributed by atoms with Gasteiger partial charge in [0.25, 0.3) is 0 Å². The molecule has 7 N–H and O–H groups in total. The normalized spacial score (nSPS) is 25.5. The summed E-state index contributed by atoms with van der Waals surface area (Å²) in [6.07, 6.45) is 31.2. The van der Waals surface area contributed by atoms with E-state index in [2.05, 4.69) is 26.0 Å². The standard InChI is InChI=1S/C56H106O14/c1-3-5-7-9-11-13-15-17-19-21-23-25-27-29-31-33-35-37-39-48(58)68-45(42-65-40-38-36-34-32-30-28-26-24-22-20-18-16-14-12-10-8-6-4-2)43-66-55-54(64)52(62)50(60)47(70-55)44-67-56-53(63)51(61)49(59)46(41-57)69-56/h19,21,45-47,49-57,59-64H,3-18,20,22-44H2,1-2H3/b21-19-. The average Bonchev–Trinajstić information content (AvgIpc) is 3.36. The summed E-state index contributed by atoms with van der Waals surface area (Å²) in [6.45, 7) is 3.74. The van der Waals surface area contributed by atoms with Crippen molar-refractivity contribution in [2.75, 3.05) is 33.0 Å². The Morgan fingerprint density at radius 1 is 0.457 bits per heavy atom. The predicted molar refractivity (Wildman–Crippen MR) is 275 cm³/mol. The number of aliphatic hydroxyl groups excluding tert-OH is 7. The van der Waals surface area contributed by atoms with Gasteiger partial charge in [0, 0.05) is 13.0 Å². The molecule has 0 bridgehead atoms. The minimum Gasteiger partial charge on any atom is -0.457 e. The molecule has 0 aromatic rings. The Balaban J connectivity index is 1.72. The Labute approximate surface area is 425 Å². The number of hydrogen-bond acceptors (Lipinski definition) is 14. The molecule has 2 aliphatic rings. The maximum absolute atomic E-state index is 13.1. The Kier molecular flexibility index (Phi) is 40.8. The second kappa shape index (κ2) is 44.1. The van der Waals surface area contributed by atoms with Crippen LogP contribution in [0.1, 0.15) is 239 Å². The molecule has 2 saturated heterocycles. The van der Waals surface area contributed by atoms with Gasteiger partial charge in [-0.3, -0.25) is 4.79 Å². The van der Waals surface area contributed by atoms with E-state index in [4.69, 9.17) is 28.4 Å². The average molecular weight is 1000 g/mol. The third-order valence-electron chi connectivity index (χ3n) is 14.0. The molecule has 414 valence electrons. The number of rotatable bonds is 47. The minimum absolute atomic E-state index is 0.0661. The van der Waals surface area contributed by atoms with E-state index >= 15 is 0 Å². The van der Waals surface area contributed by atoms with Crippen molar-refractivity contribution < 1.29 is 69.0 Å². The van der Waals surface area contributed by atoms with Crippen molar-refractivity contribution in [1.82, 2.24) is 0 Å². The van der Waals surface area contributed by atoms with Crippen LogP contribution in [0.5, 0.6) is 0 Å².